The minimum absolute atomic E-state index is 0.200. The molecule has 0 unspecified atom stereocenters. The van der Waals surface area contributed by atoms with Crippen molar-refractivity contribution in [1.29, 1.82) is 0 Å². The monoisotopic (exact) mass is 354 g/mol. The second kappa shape index (κ2) is 6.48. The summed E-state index contributed by atoms with van der Waals surface area (Å²) in [6.07, 6.45) is 3.70. The van der Waals surface area contributed by atoms with Crippen molar-refractivity contribution in [3.05, 3.63) is 64.2 Å². The molecule has 0 aromatic carbocycles. The zero-order valence-electron chi connectivity index (χ0n) is 13.2. The Morgan fingerprint density at radius 2 is 2.20 bits per heavy atom. The molecule has 25 heavy (non-hydrogen) atoms. The number of ether oxygens (including phenoxy) is 1. The SMILES string of the molecule is O=C(OCCCn1nc2ccccn2c1=O)c1cnc2ccsc2c1. The van der Waals surface area contributed by atoms with E-state index in [1.165, 1.54) is 26.6 Å². The summed E-state index contributed by atoms with van der Waals surface area (Å²) in [6.45, 7) is 0.595. The van der Waals surface area contributed by atoms with Crippen molar-refractivity contribution in [2.24, 2.45) is 0 Å². The lowest BCUT2D eigenvalue weighted by molar-refractivity contribution is 0.0494. The van der Waals surface area contributed by atoms with E-state index in [1.54, 1.807) is 24.4 Å². The fourth-order valence-electron chi connectivity index (χ4n) is 2.53. The quantitative estimate of drug-likeness (QED) is 0.406. The number of aryl methyl sites for hydroxylation is 1. The Morgan fingerprint density at radius 3 is 3.08 bits per heavy atom. The van der Waals surface area contributed by atoms with Crippen molar-refractivity contribution < 1.29 is 9.53 Å². The van der Waals surface area contributed by atoms with E-state index >= 15 is 0 Å². The fourth-order valence-corrected chi connectivity index (χ4v) is 3.31. The molecule has 126 valence electrons. The molecule has 0 saturated heterocycles. The molecule has 0 aliphatic carbocycles. The van der Waals surface area contributed by atoms with Crippen molar-refractivity contribution >= 4 is 33.2 Å². The Kier molecular flexibility index (Phi) is 4.02. The van der Waals surface area contributed by atoms with Gasteiger partial charge in [-0.1, -0.05) is 6.07 Å². The lowest BCUT2D eigenvalue weighted by Crippen LogP contribution is -2.22. The van der Waals surface area contributed by atoms with Crippen LogP contribution in [0.5, 0.6) is 0 Å². The van der Waals surface area contributed by atoms with Crippen molar-refractivity contribution in [3.63, 3.8) is 0 Å². The van der Waals surface area contributed by atoms with Crippen LogP contribution in [0.15, 0.2) is 52.9 Å². The number of carbonyl (C=O) groups is 1. The van der Waals surface area contributed by atoms with Crippen molar-refractivity contribution in [2.75, 3.05) is 6.61 Å². The van der Waals surface area contributed by atoms with E-state index in [9.17, 15) is 9.59 Å². The second-order valence-electron chi connectivity index (χ2n) is 5.45. The number of aromatic nitrogens is 4. The van der Waals surface area contributed by atoms with Gasteiger partial charge in [0.2, 0.25) is 0 Å². The van der Waals surface area contributed by atoms with Gasteiger partial charge in [0, 0.05) is 25.4 Å². The molecule has 0 aliphatic heterocycles. The third-order valence-corrected chi connectivity index (χ3v) is 4.63. The number of thiophene rings is 1. The van der Waals surface area contributed by atoms with Gasteiger partial charge >= 0.3 is 11.7 Å². The molecule has 0 radical (unpaired) electrons. The normalized spacial score (nSPS) is 11.2. The van der Waals surface area contributed by atoms with Crippen LogP contribution in [-0.2, 0) is 11.3 Å². The first-order valence-corrected chi connectivity index (χ1v) is 8.65. The average Bonchev–Trinajstić information content (AvgIpc) is 3.23. The van der Waals surface area contributed by atoms with Gasteiger partial charge in [-0.2, -0.15) is 0 Å². The third kappa shape index (κ3) is 3.03. The topological polar surface area (TPSA) is 78.5 Å². The van der Waals surface area contributed by atoms with Crippen LogP contribution in [-0.4, -0.2) is 31.7 Å². The maximum Gasteiger partial charge on any atom is 0.350 e. The standard InChI is InChI=1S/C17H14N4O3S/c22-16(12-10-14-13(18-11-12)5-9-25-14)24-8-3-7-21-17(23)20-6-2-1-4-15(20)19-21/h1-2,4-6,9-11H,3,7-8H2. The number of carbonyl (C=O) groups excluding carboxylic acids is 1. The Hall–Kier alpha value is -3.00. The van der Waals surface area contributed by atoms with E-state index in [0.29, 0.717) is 24.2 Å². The number of fused-ring (bicyclic) bond motifs is 2. The number of pyridine rings is 2. The molecule has 0 atom stereocenters. The average molecular weight is 354 g/mol. The molecule has 8 heteroatoms. The molecule has 4 rings (SSSR count). The number of nitrogens with zero attached hydrogens (tertiary/aromatic N) is 4. The smallest absolute Gasteiger partial charge is 0.350 e. The van der Waals surface area contributed by atoms with Gasteiger partial charge < -0.3 is 4.74 Å². The molecule has 4 aromatic rings. The summed E-state index contributed by atoms with van der Waals surface area (Å²) < 4.78 is 9.07. The van der Waals surface area contributed by atoms with Gasteiger partial charge in [-0.05, 0) is 29.6 Å². The summed E-state index contributed by atoms with van der Waals surface area (Å²) in [5.41, 5.74) is 1.70. The van der Waals surface area contributed by atoms with Gasteiger partial charge in [-0.3, -0.25) is 9.38 Å². The molecule has 4 aromatic heterocycles. The van der Waals surface area contributed by atoms with Crippen LogP contribution in [0.4, 0.5) is 0 Å². The molecule has 0 spiro atoms. The van der Waals surface area contributed by atoms with Crippen LogP contribution >= 0.6 is 11.3 Å². The molecular formula is C17H14N4O3S. The van der Waals surface area contributed by atoms with Gasteiger partial charge in [0.15, 0.2) is 5.65 Å². The van der Waals surface area contributed by atoms with E-state index in [4.69, 9.17) is 4.74 Å². The molecule has 0 fully saturated rings. The van der Waals surface area contributed by atoms with Crippen LogP contribution in [0.2, 0.25) is 0 Å². The van der Waals surface area contributed by atoms with Crippen molar-refractivity contribution in [3.8, 4) is 0 Å². The lowest BCUT2D eigenvalue weighted by atomic mass is 10.3. The van der Waals surface area contributed by atoms with E-state index in [0.717, 1.165) is 10.2 Å². The van der Waals surface area contributed by atoms with E-state index < -0.39 is 5.97 Å². The Labute approximate surface area is 146 Å². The highest BCUT2D eigenvalue weighted by Gasteiger charge is 2.10. The van der Waals surface area contributed by atoms with Gasteiger partial charge in [-0.25, -0.2) is 14.3 Å². The largest absolute Gasteiger partial charge is 0.462 e. The zero-order valence-corrected chi connectivity index (χ0v) is 14.0. The highest BCUT2D eigenvalue weighted by Crippen LogP contribution is 2.19. The summed E-state index contributed by atoms with van der Waals surface area (Å²) in [5.74, 6) is -0.412. The molecule has 0 aliphatic rings. The summed E-state index contributed by atoms with van der Waals surface area (Å²) >= 11 is 1.53. The van der Waals surface area contributed by atoms with E-state index in [-0.39, 0.29) is 12.3 Å². The van der Waals surface area contributed by atoms with Gasteiger partial charge in [0.05, 0.1) is 22.4 Å². The third-order valence-electron chi connectivity index (χ3n) is 3.77. The zero-order chi connectivity index (χ0) is 17.2. The number of esters is 1. The molecule has 0 amide bonds. The Balaban J connectivity index is 1.36. The second-order valence-corrected chi connectivity index (χ2v) is 6.40. The van der Waals surface area contributed by atoms with Gasteiger partial charge in [0.1, 0.15) is 0 Å². The van der Waals surface area contributed by atoms with E-state index in [2.05, 4.69) is 10.1 Å². The Bertz CT molecular complexity index is 1110. The highest BCUT2D eigenvalue weighted by molar-refractivity contribution is 7.17. The van der Waals surface area contributed by atoms with Crippen molar-refractivity contribution in [1.82, 2.24) is 19.2 Å². The first kappa shape index (κ1) is 15.5. The maximum atomic E-state index is 12.1. The van der Waals surface area contributed by atoms with Crippen LogP contribution < -0.4 is 5.69 Å². The van der Waals surface area contributed by atoms with Crippen molar-refractivity contribution in [2.45, 2.75) is 13.0 Å². The molecule has 4 heterocycles. The van der Waals surface area contributed by atoms with E-state index in [1.807, 2.05) is 17.5 Å². The fraction of sp³-hybridized carbons (Fsp3) is 0.176. The lowest BCUT2D eigenvalue weighted by Gasteiger charge is -2.04. The minimum Gasteiger partial charge on any atom is -0.462 e. The Morgan fingerprint density at radius 1 is 1.28 bits per heavy atom. The first-order valence-electron chi connectivity index (χ1n) is 7.77. The van der Waals surface area contributed by atoms with Gasteiger partial charge in [0.25, 0.3) is 0 Å². The molecular weight excluding hydrogens is 340 g/mol. The highest BCUT2D eigenvalue weighted by atomic mass is 32.1. The molecule has 7 nitrogen and oxygen atoms in total. The van der Waals surface area contributed by atoms with Crippen LogP contribution in [0.25, 0.3) is 15.9 Å². The van der Waals surface area contributed by atoms with Crippen LogP contribution in [0.3, 0.4) is 0 Å². The number of hydrogen-bond acceptors (Lipinski definition) is 6. The van der Waals surface area contributed by atoms with Crippen LogP contribution in [0, 0.1) is 0 Å². The van der Waals surface area contributed by atoms with Crippen LogP contribution in [0.1, 0.15) is 16.8 Å². The predicted molar refractivity (Wildman–Crippen MR) is 94.0 cm³/mol. The number of hydrogen-bond donors (Lipinski definition) is 0. The van der Waals surface area contributed by atoms with Gasteiger partial charge in [-0.15, -0.1) is 16.4 Å². The predicted octanol–water partition coefficient (Wildman–Crippen LogP) is 2.35. The minimum atomic E-state index is -0.412. The summed E-state index contributed by atoms with van der Waals surface area (Å²) in [7, 11) is 0. The molecule has 0 bridgehead atoms. The maximum absolute atomic E-state index is 12.1. The number of rotatable bonds is 5. The molecule has 0 saturated carbocycles. The summed E-state index contributed by atoms with van der Waals surface area (Å²) in [6, 6.07) is 9.06. The molecule has 0 N–H and O–H groups in total. The summed E-state index contributed by atoms with van der Waals surface area (Å²) in [4.78, 5) is 28.4. The first-order chi connectivity index (χ1) is 12.2. The summed E-state index contributed by atoms with van der Waals surface area (Å²) in [5, 5.41) is 6.16.